The fourth-order valence-electron chi connectivity index (χ4n) is 0.977. The van der Waals surface area contributed by atoms with Crippen molar-refractivity contribution in [3.8, 4) is 0 Å². The Bertz CT molecular complexity index is 506. The highest BCUT2D eigenvalue weighted by Crippen LogP contribution is 2.18. The number of rotatable bonds is 4. The smallest absolute Gasteiger partial charge is 0.478 e. The van der Waals surface area contributed by atoms with Crippen molar-refractivity contribution in [2.75, 3.05) is 0 Å². The van der Waals surface area contributed by atoms with Gasteiger partial charge in [0.15, 0.2) is 5.76 Å². The van der Waals surface area contributed by atoms with E-state index >= 15 is 0 Å². The summed E-state index contributed by atoms with van der Waals surface area (Å²) in [5, 5.41) is 8.47. The van der Waals surface area contributed by atoms with Gasteiger partial charge in [-0.05, 0) is 0 Å². The molecule has 0 unspecified atom stereocenters. The Hall–Kier alpha value is -1.89. The first-order valence-electron chi connectivity index (χ1n) is 4.02. The predicted molar refractivity (Wildman–Crippen MR) is 53.2 cm³/mol. The minimum atomic E-state index is -5.25. The highest BCUT2D eigenvalue weighted by molar-refractivity contribution is 7.81. The van der Waals surface area contributed by atoms with Gasteiger partial charge >= 0.3 is 16.5 Å². The van der Waals surface area contributed by atoms with Gasteiger partial charge < -0.3 is 9.29 Å². The van der Waals surface area contributed by atoms with E-state index in [1.807, 2.05) is 0 Å². The summed E-state index contributed by atoms with van der Waals surface area (Å²) < 4.78 is 36.8. The molecule has 5 nitrogen and oxygen atoms in total. The van der Waals surface area contributed by atoms with E-state index in [4.69, 9.17) is 5.11 Å². The molecule has 86 valence electrons. The van der Waals surface area contributed by atoms with Crippen LogP contribution in [0.15, 0.2) is 36.4 Å². The van der Waals surface area contributed by atoms with Crippen molar-refractivity contribution in [3.05, 3.63) is 42.0 Å². The van der Waals surface area contributed by atoms with E-state index in [0.29, 0.717) is 6.08 Å². The van der Waals surface area contributed by atoms with Gasteiger partial charge in [0.2, 0.25) is 0 Å². The Morgan fingerprint density at radius 2 is 1.88 bits per heavy atom. The Labute approximate surface area is 91.2 Å². The molecule has 7 heteroatoms. The Morgan fingerprint density at radius 3 is 2.31 bits per heavy atom. The van der Waals surface area contributed by atoms with Gasteiger partial charge in [-0.3, -0.25) is 0 Å². The minimum absolute atomic E-state index is 0.145. The van der Waals surface area contributed by atoms with Crippen LogP contribution in [0.2, 0.25) is 0 Å². The number of hydrogen-bond donors (Lipinski definition) is 1. The van der Waals surface area contributed by atoms with Crippen LogP contribution in [0.5, 0.6) is 0 Å². The molecular formula is C9H7FO5S. The molecule has 1 aromatic rings. The van der Waals surface area contributed by atoms with Crippen molar-refractivity contribution >= 4 is 22.2 Å². The summed E-state index contributed by atoms with van der Waals surface area (Å²) in [5.41, 5.74) is 0.145. The third-order valence-corrected chi connectivity index (χ3v) is 1.88. The molecule has 0 aromatic heterocycles. The lowest BCUT2D eigenvalue weighted by Gasteiger charge is -2.04. The quantitative estimate of drug-likeness (QED) is 0.492. The van der Waals surface area contributed by atoms with Gasteiger partial charge in [0.25, 0.3) is 0 Å². The van der Waals surface area contributed by atoms with Crippen LogP contribution in [0.1, 0.15) is 5.56 Å². The van der Waals surface area contributed by atoms with Crippen molar-refractivity contribution < 1.29 is 26.4 Å². The van der Waals surface area contributed by atoms with E-state index < -0.39 is 22.2 Å². The normalized spacial score (nSPS) is 12.2. The summed E-state index contributed by atoms with van der Waals surface area (Å²) in [4.78, 5) is 10.4. The molecule has 0 aliphatic carbocycles. The van der Waals surface area contributed by atoms with E-state index in [2.05, 4.69) is 4.18 Å². The third kappa shape index (κ3) is 4.09. The van der Waals surface area contributed by atoms with Crippen LogP contribution in [0.25, 0.3) is 5.76 Å². The second-order valence-electron chi connectivity index (χ2n) is 2.69. The number of halogens is 1. The van der Waals surface area contributed by atoms with E-state index in [1.165, 1.54) is 24.3 Å². The summed E-state index contributed by atoms with van der Waals surface area (Å²) >= 11 is 0. The molecule has 16 heavy (non-hydrogen) atoms. The van der Waals surface area contributed by atoms with Gasteiger partial charge in [-0.25, -0.2) is 4.79 Å². The number of aliphatic carboxylic acids is 1. The van der Waals surface area contributed by atoms with Crippen LogP contribution in [0.3, 0.4) is 0 Å². The number of carbonyl (C=O) groups is 1. The van der Waals surface area contributed by atoms with Gasteiger partial charge in [-0.2, -0.15) is 8.42 Å². The van der Waals surface area contributed by atoms with Gasteiger partial charge in [0.1, 0.15) is 0 Å². The number of carboxylic acids is 1. The SMILES string of the molecule is O=C(O)/C=C(/OS(=O)(=O)F)c1ccccc1. The summed E-state index contributed by atoms with van der Waals surface area (Å²) in [5.74, 6) is -2.03. The lowest BCUT2D eigenvalue weighted by atomic mass is 10.2. The Kier molecular flexibility index (Phi) is 3.62. The standard InChI is InChI=1S/C9H7FO5S/c10-16(13,14)15-8(6-9(11)12)7-4-2-1-3-5-7/h1-6H,(H,11,12)/b8-6+. The molecule has 0 saturated heterocycles. The highest BCUT2D eigenvalue weighted by atomic mass is 32.3. The van der Waals surface area contributed by atoms with Crippen molar-refractivity contribution in [2.24, 2.45) is 0 Å². The zero-order chi connectivity index (χ0) is 12.2. The Morgan fingerprint density at radius 1 is 1.31 bits per heavy atom. The fraction of sp³-hybridized carbons (Fsp3) is 0. The van der Waals surface area contributed by atoms with Crippen molar-refractivity contribution in [1.82, 2.24) is 0 Å². The fourth-order valence-corrected chi connectivity index (χ4v) is 1.34. The van der Waals surface area contributed by atoms with E-state index in [9.17, 15) is 17.1 Å². The van der Waals surface area contributed by atoms with Crippen molar-refractivity contribution in [3.63, 3.8) is 0 Å². The van der Waals surface area contributed by atoms with Crippen LogP contribution in [-0.4, -0.2) is 19.5 Å². The lowest BCUT2D eigenvalue weighted by Crippen LogP contribution is -2.01. The first-order valence-corrected chi connectivity index (χ1v) is 5.33. The highest BCUT2D eigenvalue weighted by Gasteiger charge is 2.15. The molecule has 0 fully saturated rings. The second-order valence-corrected chi connectivity index (χ2v) is 3.64. The van der Waals surface area contributed by atoms with Crippen LogP contribution in [-0.2, 0) is 19.5 Å². The molecule has 0 amide bonds. The average Bonchev–Trinajstić information content (AvgIpc) is 2.15. The molecule has 0 spiro atoms. The van der Waals surface area contributed by atoms with Crippen LogP contribution in [0, 0.1) is 0 Å². The first-order chi connectivity index (χ1) is 7.38. The van der Waals surface area contributed by atoms with E-state index in [-0.39, 0.29) is 5.56 Å². The maximum absolute atomic E-state index is 12.3. The van der Waals surface area contributed by atoms with E-state index in [0.717, 1.165) is 0 Å². The molecule has 0 heterocycles. The lowest BCUT2D eigenvalue weighted by molar-refractivity contribution is -0.131. The molecule has 1 N–H and O–H groups in total. The second kappa shape index (κ2) is 4.75. The largest absolute Gasteiger partial charge is 0.488 e. The number of hydrogen-bond acceptors (Lipinski definition) is 4. The zero-order valence-corrected chi connectivity index (χ0v) is 8.65. The molecule has 0 aliphatic heterocycles. The monoisotopic (exact) mass is 246 g/mol. The van der Waals surface area contributed by atoms with Crippen molar-refractivity contribution in [1.29, 1.82) is 0 Å². The van der Waals surface area contributed by atoms with Crippen LogP contribution in [0.4, 0.5) is 3.89 Å². The summed E-state index contributed by atoms with van der Waals surface area (Å²) in [6.07, 6.45) is 0.465. The summed E-state index contributed by atoms with van der Waals surface area (Å²) in [7, 11) is -5.25. The zero-order valence-electron chi connectivity index (χ0n) is 7.83. The topological polar surface area (TPSA) is 80.7 Å². The molecule has 1 rings (SSSR count). The molecular weight excluding hydrogens is 239 g/mol. The average molecular weight is 246 g/mol. The molecule has 1 aromatic carbocycles. The van der Waals surface area contributed by atoms with Gasteiger partial charge in [-0.1, -0.05) is 34.2 Å². The molecule has 0 saturated carbocycles. The number of carboxylic acid groups (broad SMARTS) is 1. The predicted octanol–water partition coefficient (Wildman–Crippen LogP) is 1.34. The summed E-state index contributed by atoms with van der Waals surface area (Å²) in [6.45, 7) is 0. The van der Waals surface area contributed by atoms with E-state index in [1.54, 1.807) is 6.07 Å². The molecule has 0 radical (unpaired) electrons. The third-order valence-electron chi connectivity index (χ3n) is 1.50. The van der Waals surface area contributed by atoms with Gasteiger partial charge in [0.05, 0.1) is 6.08 Å². The minimum Gasteiger partial charge on any atom is -0.478 e. The molecule has 0 aliphatic rings. The van der Waals surface area contributed by atoms with Gasteiger partial charge in [-0.15, -0.1) is 0 Å². The first kappa shape index (κ1) is 12.2. The van der Waals surface area contributed by atoms with Gasteiger partial charge in [0, 0.05) is 5.56 Å². The maximum atomic E-state index is 12.3. The van der Waals surface area contributed by atoms with Crippen LogP contribution >= 0.6 is 0 Å². The van der Waals surface area contributed by atoms with Crippen LogP contribution < -0.4 is 0 Å². The maximum Gasteiger partial charge on any atom is 0.488 e. The Balaban J connectivity index is 3.13. The van der Waals surface area contributed by atoms with Crippen molar-refractivity contribution in [2.45, 2.75) is 0 Å². The molecule has 0 bridgehead atoms. The summed E-state index contributed by atoms with van der Waals surface area (Å²) in [6, 6.07) is 7.46. The molecule has 0 atom stereocenters. The number of benzene rings is 1.